The van der Waals surface area contributed by atoms with Gasteiger partial charge >= 0.3 is 236 Å². The second kappa shape index (κ2) is 11.5. The van der Waals surface area contributed by atoms with Crippen molar-refractivity contribution in [2.75, 3.05) is 15.5 Å². The van der Waals surface area contributed by atoms with Gasteiger partial charge in [-0.25, -0.2) is 0 Å². The molecule has 1 aliphatic heterocycles. The molecule has 2 aromatic carbocycles. The summed E-state index contributed by atoms with van der Waals surface area (Å²) in [6.45, 7) is 7.84. The van der Waals surface area contributed by atoms with Crippen molar-refractivity contribution in [3.05, 3.63) is 78.9 Å². The van der Waals surface area contributed by atoms with Crippen molar-refractivity contribution in [3.63, 3.8) is 0 Å². The van der Waals surface area contributed by atoms with E-state index in [9.17, 15) is 15.3 Å². The molecule has 1 aliphatic rings. The molecule has 0 amide bonds. The van der Waals surface area contributed by atoms with Gasteiger partial charge in [-0.1, -0.05) is 0 Å². The third-order valence-electron chi connectivity index (χ3n) is 6.53. The number of aromatic nitrogens is 4. The number of fused-ring (bicyclic) bond motifs is 2. The molecule has 0 radical (unpaired) electrons. The van der Waals surface area contributed by atoms with E-state index in [1.807, 2.05) is 48.1 Å². The average molecular weight is 644 g/mol. The molecule has 0 saturated carbocycles. The number of benzene rings is 2. The van der Waals surface area contributed by atoms with Gasteiger partial charge in [0.2, 0.25) is 0 Å². The minimum atomic E-state index is -2.49. The SMILES string of the molecule is Cc1cc2cnn(C(C)C)c2cc1Nc1ncc(C(O)N[C@@H](C)CO)c(NI2C(O)=CCc3ccccc32)n1. The molecule has 39 heavy (non-hydrogen) atoms. The van der Waals surface area contributed by atoms with Crippen molar-refractivity contribution in [1.29, 1.82) is 0 Å². The van der Waals surface area contributed by atoms with Crippen molar-refractivity contribution in [3.8, 4) is 0 Å². The van der Waals surface area contributed by atoms with E-state index in [0.717, 1.165) is 25.7 Å². The Morgan fingerprint density at radius 1 is 1.13 bits per heavy atom. The number of aliphatic hydroxyl groups excluding tert-OH is 3. The summed E-state index contributed by atoms with van der Waals surface area (Å²) in [5, 5.41) is 43.2. The third-order valence-corrected chi connectivity index (χ3v) is 11.3. The molecule has 0 spiro atoms. The Kier molecular flexibility index (Phi) is 8.03. The maximum atomic E-state index is 11.0. The van der Waals surface area contributed by atoms with E-state index in [1.54, 1.807) is 13.1 Å². The van der Waals surface area contributed by atoms with E-state index in [2.05, 4.69) is 50.2 Å². The number of anilines is 3. The number of rotatable bonds is 9. The fourth-order valence-corrected chi connectivity index (χ4v) is 8.85. The molecule has 0 fully saturated rings. The zero-order valence-corrected chi connectivity index (χ0v) is 24.5. The van der Waals surface area contributed by atoms with Gasteiger partial charge in [0.15, 0.2) is 0 Å². The van der Waals surface area contributed by atoms with Gasteiger partial charge in [0, 0.05) is 0 Å². The van der Waals surface area contributed by atoms with Gasteiger partial charge in [-0.15, -0.1) is 0 Å². The molecule has 0 bridgehead atoms. The van der Waals surface area contributed by atoms with Crippen LogP contribution in [0.1, 0.15) is 49.7 Å². The number of aliphatic hydroxyl groups is 3. The molecule has 10 nitrogen and oxygen atoms in total. The Bertz CT molecular complexity index is 1520. The van der Waals surface area contributed by atoms with Crippen LogP contribution in [0.3, 0.4) is 0 Å². The second-order valence-electron chi connectivity index (χ2n) is 9.88. The van der Waals surface area contributed by atoms with Crippen LogP contribution in [0.5, 0.6) is 0 Å². The number of nitrogens with zero attached hydrogens (tertiary/aromatic N) is 4. The molecule has 2 aromatic heterocycles. The van der Waals surface area contributed by atoms with Gasteiger partial charge in [-0.05, 0) is 0 Å². The van der Waals surface area contributed by atoms with Crippen molar-refractivity contribution in [2.24, 2.45) is 0 Å². The van der Waals surface area contributed by atoms with Gasteiger partial charge in [0.25, 0.3) is 0 Å². The summed E-state index contributed by atoms with van der Waals surface area (Å²) < 4.78 is 6.90. The number of allylic oxidation sites excluding steroid dienone is 1. The van der Waals surface area contributed by atoms with Crippen LogP contribution in [0.2, 0.25) is 0 Å². The van der Waals surface area contributed by atoms with E-state index in [0.29, 0.717) is 27.5 Å². The van der Waals surface area contributed by atoms with Crippen molar-refractivity contribution in [2.45, 2.75) is 52.4 Å². The summed E-state index contributed by atoms with van der Waals surface area (Å²) in [6, 6.07) is 12.1. The molecular formula is C28H34IN7O3. The Balaban J connectivity index is 1.52. The first-order chi connectivity index (χ1) is 18.7. The number of hydrogen-bond acceptors (Lipinski definition) is 9. The number of aryl methyl sites for hydroxylation is 1. The Labute approximate surface area is 234 Å². The molecule has 0 saturated heterocycles. The molecular weight excluding hydrogens is 609 g/mol. The average Bonchev–Trinajstić information content (AvgIpc) is 3.33. The Morgan fingerprint density at radius 2 is 1.92 bits per heavy atom. The summed E-state index contributed by atoms with van der Waals surface area (Å²) in [4.78, 5) is 9.28. The molecule has 11 heteroatoms. The fourth-order valence-electron chi connectivity index (χ4n) is 4.43. The number of nitrogens with one attached hydrogen (secondary N) is 3. The summed E-state index contributed by atoms with van der Waals surface area (Å²) in [5.74, 6) is 0.775. The molecule has 4 aromatic rings. The van der Waals surface area contributed by atoms with Crippen LogP contribution in [-0.2, 0) is 6.42 Å². The molecule has 6 N–H and O–H groups in total. The molecule has 3 heterocycles. The second-order valence-corrected chi connectivity index (χ2v) is 14.3. The first-order valence-corrected chi connectivity index (χ1v) is 16.1. The number of hydrogen-bond donors (Lipinski definition) is 6. The number of halogens is 1. The van der Waals surface area contributed by atoms with Crippen LogP contribution in [-0.4, -0.2) is 47.7 Å². The zero-order valence-electron chi connectivity index (χ0n) is 22.4. The minimum absolute atomic E-state index is 0.134. The molecule has 1 unspecified atom stereocenters. The van der Waals surface area contributed by atoms with Crippen LogP contribution in [0, 0.1) is 10.5 Å². The predicted octanol–water partition coefficient (Wildman–Crippen LogP) is 5.08. The topological polar surface area (TPSA) is 140 Å². The van der Waals surface area contributed by atoms with Crippen LogP contribution in [0.15, 0.2) is 58.6 Å². The summed E-state index contributed by atoms with van der Waals surface area (Å²) in [5.41, 5.74) is 4.47. The first-order valence-electron chi connectivity index (χ1n) is 12.9. The van der Waals surface area contributed by atoms with E-state index in [4.69, 9.17) is 4.98 Å². The molecule has 5 rings (SSSR count). The molecule has 2 atom stereocenters. The summed E-state index contributed by atoms with van der Waals surface area (Å²) in [7, 11) is 0. The fraction of sp³-hybridized carbons (Fsp3) is 0.321. The van der Waals surface area contributed by atoms with Gasteiger partial charge in [0.1, 0.15) is 0 Å². The van der Waals surface area contributed by atoms with Crippen molar-refractivity contribution in [1.82, 2.24) is 25.1 Å². The zero-order chi connectivity index (χ0) is 27.7. The molecule has 0 aliphatic carbocycles. The monoisotopic (exact) mass is 643 g/mol. The van der Waals surface area contributed by atoms with Gasteiger partial charge in [0.05, 0.1) is 0 Å². The predicted molar refractivity (Wildman–Crippen MR) is 162 cm³/mol. The van der Waals surface area contributed by atoms with Gasteiger partial charge in [-0.2, -0.15) is 0 Å². The normalized spacial score (nSPS) is 15.7. The van der Waals surface area contributed by atoms with Crippen molar-refractivity contribution >= 4 is 48.4 Å². The van der Waals surface area contributed by atoms with Crippen LogP contribution < -0.4 is 14.2 Å². The Morgan fingerprint density at radius 3 is 2.69 bits per heavy atom. The Hall–Kier alpha value is -3.26. The standard InChI is InChI=1S/C28H34IN7O3/c1-16(2)36-24-12-23(17(3)11-20(24)13-31-36)33-28-30-14-21(27(39)32-18(4)15-37)26(34-28)35-29-22-8-6-5-7-19(22)9-10-25(29)38/h5-8,10-14,16,18,27,32,37-39H,9,15H2,1-4H3,(H2,30,33,34,35)/t18-,27?/m0/s1. The van der Waals surface area contributed by atoms with E-state index in [-0.39, 0.29) is 18.7 Å². The maximum absolute atomic E-state index is 11.0. The van der Waals surface area contributed by atoms with Gasteiger partial charge in [-0.3, -0.25) is 0 Å². The van der Waals surface area contributed by atoms with Crippen LogP contribution >= 0.6 is 20.1 Å². The first kappa shape index (κ1) is 27.3. The van der Waals surface area contributed by atoms with Crippen LogP contribution in [0.4, 0.5) is 17.5 Å². The van der Waals surface area contributed by atoms with Crippen molar-refractivity contribution < 1.29 is 15.3 Å². The van der Waals surface area contributed by atoms with E-state index < -0.39 is 26.3 Å². The molecule has 206 valence electrons. The van der Waals surface area contributed by atoms with Crippen LogP contribution in [0.25, 0.3) is 10.9 Å². The van der Waals surface area contributed by atoms with E-state index in [1.165, 1.54) is 5.56 Å². The van der Waals surface area contributed by atoms with E-state index >= 15 is 0 Å². The third kappa shape index (κ3) is 5.71. The summed E-state index contributed by atoms with van der Waals surface area (Å²) >= 11 is -2.49. The van der Waals surface area contributed by atoms with Gasteiger partial charge < -0.3 is 0 Å². The summed E-state index contributed by atoms with van der Waals surface area (Å²) in [6.07, 6.45) is 4.84. The quantitative estimate of drug-likeness (QED) is 0.0838.